The second kappa shape index (κ2) is 77.1. The number of carbonyl (C=O) groups is 4. The maximum absolute atomic E-state index is 10.5. The Hall–Kier alpha value is 0.802. The average Bonchev–Trinajstić information content (AvgIpc) is 0.835. The number of aliphatic hydroxyl groups is 13. The van der Waals surface area contributed by atoms with E-state index < -0.39 is 58.6 Å². The number of carbonyl (C=O) groups excluding carboxylic acids is 4. The SMILES string of the molecule is BrCCCCCBr.CC.CPC.ClC(Cl)Cl.O=C1CCCCC1.O=C1CCCCCO1.O=CCCCCC1(O)CCCCC1.O=CCCCCC1(O)CCCCC1.OCCCCCC1(O)CCCCC1.OC[C@@H]1[C@@H](O)[C@H](O)[C@@H](O)CN1CCCCCC1(O)CCCCC1.OC[C@H]1NC[C@H](O)[C@@H](O)[C@@H]1O.[CH3-].[Pd]. The van der Waals surface area contributed by atoms with Gasteiger partial charge in [-0.3, -0.25) is 14.5 Å². The largest absolute Gasteiger partial charge is 0.466 e. The number of halogens is 5. The molecule has 8 aliphatic rings. The summed E-state index contributed by atoms with van der Waals surface area (Å²) in [4.78, 5) is 42.9. The summed E-state index contributed by atoms with van der Waals surface area (Å²) in [5, 5.41) is 129. The number of hydrogen-bond donors (Lipinski definition) is 14. The molecule has 8 rings (SSSR count). The van der Waals surface area contributed by atoms with Gasteiger partial charge in [-0.1, -0.05) is 209 Å². The molecule has 14 N–H and O–H groups in total. The molecule has 5 aliphatic carbocycles. The normalized spacial score (nSPS) is 24.6. The molecule has 0 aromatic carbocycles. The van der Waals surface area contributed by atoms with Crippen LogP contribution in [0.2, 0.25) is 0 Å². The minimum absolute atomic E-state index is 0. The Morgan fingerprint density at radius 1 is 0.500 bits per heavy atom. The summed E-state index contributed by atoms with van der Waals surface area (Å²) in [5.41, 5.74) is -1.59. The summed E-state index contributed by atoms with van der Waals surface area (Å²) in [5.74, 6) is 0.439. The van der Waals surface area contributed by atoms with Crippen LogP contribution in [0.4, 0.5) is 0 Å². The van der Waals surface area contributed by atoms with Crippen LogP contribution >= 0.6 is 75.2 Å². The molecule has 0 amide bonds. The number of cyclic esters (lactones) is 1. The molecule has 0 aromatic rings. The molecular formula is C79H155Br2Cl3N2O18PPd-. The maximum atomic E-state index is 10.5. The van der Waals surface area contributed by atoms with Gasteiger partial charge in [0.05, 0.1) is 72.6 Å². The van der Waals surface area contributed by atoms with Gasteiger partial charge >= 0.3 is 5.97 Å². The van der Waals surface area contributed by atoms with Gasteiger partial charge in [0.2, 0.25) is 0 Å². The number of hydrogen-bond acceptors (Lipinski definition) is 20. The number of aliphatic hydroxyl groups excluding tert-OH is 9. The maximum Gasteiger partial charge on any atom is 0.305 e. The molecule has 0 unspecified atom stereocenters. The van der Waals surface area contributed by atoms with Gasteiger partial charge in [0.1, 0.15) is 36.7 Å². The molecule has 20 nitrogen and oxygen atoms in total. The topological polar surface area (TPSA) is 356 Å². The van der Waals surface area contributed by atoms with Gasteiger partial charge in [0.25, 0.3) is 0 Å². The summed E-state index contributed by atoms with van der Waals surface area (Å²) < 4.78 is 4.01. The Morgan fingerprint density at radius 2 is 0.849 bits per heavy atom. The van der Waals surface area contributed by atoms with E-state index >= 15 is 0 Å². The number of β-amino-alcohol motifs (C(OH)–C–C–N with tert-alkyl or cyclic N) is 2. The van der Waals surface area contributed by atoms with Crippen molar-refractivity contribution in [2.45, 2.75) is 397 Å². The first-order chi connectivity index (χ1) is 49.8. The fraction of sp³-hybridized carbons (Fsp3) is 0.937. The third-order valence-electron chi connectivity index (χ3n) is 20.1. The summed E-state index contributed by atoms with van der Waals surface area (Å²) in [6.07, 6.45) is 45.1. The minimum atomic E-state index is -1.19. The van der Waals surface area contributed by atoms with Crippen LogP contribution in [0.15, 0.2) is 0 Å². The van der Waals surface area contributed by atoms with Crippen molar-refractivity contribution in [1.29, 1.82) is 0 Å². The average molecular weight is 1820 g/mol. The zero-order valence-electron chi connectivity index (χ0n) is 66.2. The number of Topliss-reactive ketones (excluding diaryl/α,β-unsaturated/α-hetero) is 1. The van der Waals surface area contributed by atoms with Crippen LogP contribution in [0, 0.1) is 7.43 Å². The quantitative estimate of drug-likeness (QED) is 0.00691. The van der Waals surface area contributed by atoms with E-state index in [9.17, 15) is 65.1 Å². The van der Waals surface area contributed by atoms with Gasteiger partial charge in [-0.05, 0) is 168 Å². The third kappa shape index (κ3) is 64.0. The first kappa shape index (κ1) is 115. The Morgan fingerprint density at radius 3 is 1.20 bits per heavy atom. The first-order valence-corrected chi connectivity index (χ1v) is 45.8. The molecule has 0 spiro atoms. The monoisotopic (exact) mass is 1820 g/mol. The summed E-state index contributed by atoms with van der Waals surface area (Å²) in [6, 6.07) is -1.05. The van der Waals surface area contributed by atoms with Crippen molar-refractivity contribution in [1.82, 2.24) is 10.2 Å². The molecule has 8 fully saturated rings. The number of unbranched alkanes of at least 4 members (excludes halogenated alkanes) is 10. The van der Waals surface area contributed by atoms with E-state index in [1.54, 1.807) is 0 Å². The number of esters is 1. The van der Waals surface area contributed by atoms with E-state index in [0.717, 1.165) is 231 Å². The Balaban J connectivity index is -0.000000369. The number of aldehydes is 2. The summed E-state index contributed by atoms with van der Waals surface area (Å²) >= 11 is 21.1. The molecule has 106 heavy (non-hydrogen) atoms. The van der Waals surface area contributed by atoms with Crippen molar-refractivity contribution < 1.29 is 111 Å². The smallest absolute Gasteiger partial charge is 0.305 e. The summed E-state index contributed by atoms with van der Waals surface area (Å²) in [7, 11) is 1.08. The van der Waals surface area contributed by atoms with Gasteiger partial charge in [0, 0.05) is 82.9 Å². The fourth-order valence-corrected chi connectivity index (χ4v) is 14.6. The van der Waals surface area contributed by atoms with Crippen LogP contribution in [-0.4, -0.2) is 241 Å². The number of likely N-dealkylation sites (tertiary alicyclic amines) is 1. The van der Waals surface area contributed by atoms with Crippen molar-refractivity contribution in [2.24, 2.45) is 0 Å². The number of piperidine rings is 2. The van der Waals surface area contributed by atoms with Crippen molar-refractivity contribution in [3.63, 3.8) is 0 Å². The number of rotatable bonds is 27. The number of alkyl halides is 5. The van der Waals surface area contributed by atoms with E-state index in [4.69, 9.17) is 60.0 Å². The Labute approximate surface area is 690 Å². The second-order valence-corrected chi connectivity index (χ2v) is 33.7. The molecule has 0 radical (unpaired) electrons. The molecule has 3 aliphatic heterocycles. The van der Waals surface area contributed by atoms with Gasteiger partial charge in [-0.15, -0.1) is 8.58 Å². The van der Waals surface area contributed by atoms with Crippen LogP contribution in [-0.2, 0) is 44.3 Å². The number of ether oxygens (including phenoxy) is 1. The number of ketones is 1. The van der Waals surface area contributed by atoms with Crippen molar-refractivity contribution >= 4 is 99.6 Å². The molecule has 0 aromatic heterocycles. The molecule has 8 atom stereocenters. The fourth-order valence-electron chi connectivity index (χ4n) is 13.8. The molecule has 640 valence electrons. The summed E-state index contributed by atoms with van der Waals surface area (Å²) in [6.45, 7) is 9.90. The van der Waals surface area contributed by atoms with Crippen LogP contribution in [0.1, 0.15) is 322 Å². The van der Waals surface area contributed by atoms with Crippen molar-refractivity contribution in [3.8, 4) is 0 Å². The van der Waals surface area contributed by atoms with E-state index in [-0.39, 0.29) is 76.9 Å². The zero-order chi connectivity index (χ0) is 78.8. The second-order valence-electron chi connectivity index (χ2n) is 29.2. The van der Waals surface area contributed by atoms with E-state index in [0.29, 0.717) is 44.8 Å². The Kier molecular flexibility index (Phi) is 83.9. The Bertz CT molecular complexity index is 1880. The molecule has 27 heteroatoms. The molecule has 3 heterocycles. The molecular weight excluding hydrogens is 1670 g/mol. The third-order valence-corrected chi connectivity index (χ3v) is 21.2. The first-order valence-electron chi connectivity index (χ1n) is 40.2. The predicted molar refractivity (Wildman–Crippen MR) is 441 cm³/mol. The van der Waals surface area contributed by atoms with E-state index in [2.05, 4.69) is 50.5 Å². The number of nitrogens with zero attached hydrogens (tertiary/aromatic N) is 1. The van der Waals surface area contributed by atoms with Crippen LogP contribution < -0.4 is 5.32 Å². The van der Waals surface area contributed by atoms with Crippen molar-refractivity contribution in [3.05, 3.63) is 7.43 Å². The van der Waals surface area contributed by atoms with Gasteiger partial charge in [-0.2, -0.15) is 0 Å². The van der Waals surface area contributed by atoms with Gasteiger partial charge in [-0.25, -0.2) is 0 Å². The van der Waals surface area contributed by atoms with Crippen LogP contribution in [0.3, 0.4) is 0 Å². The zero-order valence-corrected chi connectivity index (χ0v) is 74.2. The molecule has 5 saturated carbocycles. The minimum Gasteiger partial charge on any atom is -0.466 e. The van der Waals surface area contributed by atoms with Crippen molar-refractivity contribution in [2.75, 3.05) is 70.1 Å². The van der Waals surface area contributed by atoms with Gasteiger partial charge in [0.15, 0.2) is 4.30 Å². The number of nitrogens with one attached hydrogen (secondary N) is 1. The van der Waals surface area contributed by atoms with Crippen LogP contribution in [0.25, 0.3) is 0 Å². The van der Waals surface area contributed by atoms with E-state index in [1.165, 1.54) is 89.9 Å². The predicted octanol–water partition coefficient (Wildman–Crippen LogP) is 14.1. The standard InChI is InChI=1S/C17H33NO5.C11H22O2.2C11H20O2.C6H13NO4.C6H10O2.C6H10O.C5H10Br2.C2H7P.C2H6.CHCl3.CH3.Pd/c19-12-13-15(21)16(22)14(20)11-18(13)10-6-2-5-9-17(23)7-3-1-4-8-17;3*12-10-6-2-5-9-11(13)7-3-1-4-8-11;8-2-3-5(10)6(11)4(9)1-7-3;7-6-4-2-1-3-5-8-6;7-6-4-2-1-3-5-6;6-4-2-1-3-5-7;1-3-2;1-2;2-1(3)4;;/h13-16,19-23H,1-12H2;12-13H,1-10H2;2*10,13H,1-9H2;3-11H,1-2H2;1-5H2;2*1-5H2;3H,1-2H3;1-2H3;1H;1H3;/q;;;;;;;;;;;-1;/t13-,14+,15-,16-;;;;3-,4+,5-,6-;;;;;;;;/m1...1......../s1. The van der Waals surface area contributed by atoms with Crippen LogP contribution in [0.5, 0.6) is 0 Å². The van der Waals surface area contributed by atoms with E-state index in [1.807, 2.05) is 18.7 Å². The molecule has 3 saturated heterocycles. The molecule has 0 bridgehead atoms. The van der Waals surface area contributed by atoms with Gasteiger partial charge < -0.3 is 93.5 Å².